The minimum absolute atomic E-state index is 0.134. The van der Waals surface area contributed by atoms with E-state index in [1.807, 2.05) is 0 Å². The molecule has 0 aromatic heterocycles. The molecule has 1 atom stereocenters. The molecule has 17 heavy (non-hydrogen) atoms. The fourth-order valence-corrected chi connectivity index (χ4v) is 2.34. The van der Waals surface area contributed by atoms with E-state index in [1.54, 1.807) is 0 Å². The smallest absolute Gasteiger partial charge is 0.0611 e. The molecule has 1 aliphatic carbocycles. The van der Waals surface area contributed by atoms with Gasteiger partial charge in [-0.05, 0) is 45.2 Å². The van der Waals surface area contributed by atoms with E-state index in [4.69, 9.17) is 0 Å². The minimum atomic E-state index is -0.134. The molecule has 3 heteroatoms. The van der Waals surface area contributed by atoms with Crippen LogP contribution < -0.4 is 5.32 Å². The Hall–Kier alpha value is -0.120. The summed E-state index contributed by atoms with van der Waals surface area (Å²) in [5.74, 6) is 0.952. The predicted octanol–water partition coefficient (Wildman–Crippen LogP) is 1.86. The molecule has 0 radical (unpaired) electrons. The van der Waals surface area contributed by atoms with E-state index < -0.39 is 0 Å². The fraction of sp³-hybridized carbons (Fsp3) is 1.00. The van der Waals surface area contributed by atoms with Gasteiger partial charge in [0.05, 0.1) is 6.61 Å². The second-order valence-corrected chi connectivity index (χ2v) is 6.10. The third kappa shape index (κ3) is 5.84. The zero-order valence-electron chi connectivity index (χ0n) is 12.0. The SMILES string of the molecule is CCN(CCC(C)(CO)NC(C)C)CC1CC1. The van der Waals surface area contributed by atoms with Crippen LogP contribution >= 0.6 is 0 Å². The van der Waals surface area contributed by atoms with Crippen molar-refractivity contribution in [2.45, 2.75) is 58.5 Å². The summed E-state index contributed by atoms with van der Waals surface area (Å²) in [6.45, 7) is 12.3. The molecule has 2 N–H and O–H groups in total. The van der Waals surface area contributed by atoms with Gasteiger partial charge < -0.3 is 15.3 Å². The number of rotatable bonds is 9. The van der Waals surface area contributed by atoms with Gasteiger partial charge in [0.25, 0.3) is 0 Å². The monoisotopic (exact) mass is 242 g/mol. The molecule has 102 valence electrons. The van der Waals surface area contributed by atoms with Crippen LogP contribution in [0.2, 0.25) is 0 Å². The molecule has 0 saturated heterocycles. The van der Waals surface area contributed by atoms with Crippen LogP contribution in [-0.2, 0) is 0 Å². The molecule has 1 aliphatic rings. The van der Waals surface area contributed by atoms with Gasteiger partial charge in [-0.15, -0.1) is 0 Å². The Labute approximate surface area is 107 Å². The lowest BCUT2D eigenvalue weighted by atomic mass is 9.97. The average molecular weight is 242 g/mol. The molecular weight excluding hydrogens is 212 g/mol. The number of nitrogens with one attached hydrogen (secondary N) is 1. The lowest BCUT2D eigenvalue weighted by molar-refractivity contribution is 0.137. The third-order valence-corrected chi connectivity index (χ3v) is 3.63. The Morgan fingerprint density at radius 1 is 1.41 bits per heavy atom. The van der Waals surface area contributed by atoms with Crippen LogP contribution in [0, 0.1) is 5.92 Å². The molecule has 0 spiro atoms. The summed E-state index contributed by atoms with van der Waals surface area (Å²) in [6.07, 6.45) is 3.85. The van der Waals surface area contributed by atoms with E-state index in [-0.39, 0.29) is 12.1 Å². The molecule has 1 rings (SSSR count). The van der Waals surface area contributed by atoms with Crippen molar-refractivity contribution < 1.29 is 5.11 Å². The van der Waals surface area contributed by atoms with Crippen molar-refractivity contribution in [2.75, 3.05) is 26.2 Å². The topological polar surface area (TPSA) is 35.5 Å². The van der Waals surface area contributed by atoms with Gasteiger partial charge in [0.1, 0.15) is 0 Å². The summed E-state index contributed by atoms with van der Waals surface area (Å²) in [6, 6.07) is 0.422. The van der Waals surface area contributed by atoms with Gasteiger partial charge in [0.2, 0.25) is 0 Å². The Balaban J connectivity index is 2.32. The highest BCUT2D eigenvalue weighted by Gasteiger charge is 2.27. The van der Waals surface area contributed by atoms with Crippen LogP contribution in [0.15, 0.2) is 0 Å². The van der Waals surface area contributed by atoms with Gasteiger partial charge in [-0.25, -0.2) is 0 Å². The van der Waals surface area contributed by atoms with Crippen LogP contribution in [-0.4, -0.2) is 47.8 Å². The highest BCUT2D eigenvalue weighted by atomic mass is 16.3. The Bertz CT molecular complexity index is 216. The normalized spacial score (nSPS) is 19.9. The zero-order valence-corrected chi connectivity index (χ0v) is 12.0. The van der Waals surface area contributed by atoms with Gasteiger partial charge in [-0.3, -0.25) is 0 Å². The molecule has 0 heterocycles. The second-order valence-electron chi connectivity index (χ2n) is 6.10. The number of hydrogen-bond donors (Lipinski definition) is 2. The molecule has 0 bridgehead atoms. The summed E-state index contributed by atoms with van der Waals surface area (Å²) in [7, 11) is 0. The van der Waals surface area contributed by atoms with Gasteiger partial charge in [-0.1, -0.05) is 20.8 Å². The van der Waals surface area contributed by atoms with E-state index in [0.717, 1.165) is 25.4 Å². The van der Waals surface area contributed by atoms with Crippen molar-refractivity contribution >= 4 is 0 Å². The average Bonchev–Trinajstić information content (AvgIpc) is 3.07. The number of nitrogens with zero attached hydrogens (tertiary/aromatic N) is 1. The highest BCUT2D eigenvalue weighted by Crippen LogP contribution is 2.29. The van der Waals surface area contributed by atoms with Gasteiger partial charge in [-0.2, -0.15) is 0 Å². The zero-order chi connectivity index (χ0) is 12.9. The van der Waals surface area contributed by atoms with Gasteiger partial charge >= 0.3 is 0 Å². The molecule has 0 aromatic rings. The first-order valence-electron chi connectivity index (χ1n) is 7.10. The Kier molecular flexibility index (Phi) is 5.90. The first kappa shape index (κ1) is 14.9. The van der Waals surface area contributed by atoms with Crippen LogP contribution in [0.5, 0.6) is 0 Å². The van der Waals surface area contributed by atoms with Crippen molar-refractivity contribution in [3.8, 4) is 0 Å². The van der Waals surface area contributed by atoms with Crippen LogP contribution in [0.3, 0.4) is 0 Å². The Morgan fingerprint density at radius 2 is 2.06 bits per heavy atom. The maximum absolute atomic E-state index is 9.53. The number of aliphatic hydroxyl groups is 1. The Morgan fingerprint density at radius 3 is 2.47 bits per heavy atom. The van der Waals surface area contributed by atoms with Crippen molar-refractivity contribution in [1.82, 2.24) is 10.2 Å². The summed E-state index contributed by atoms with van der Waals surface area (Å²) >= 11 is 0. The molecule has 3 nitrogen and oxygen atoms in total. The van der Waals surface area contributed by atoms with Gasteiger partial charge in [0.15, 0.2) is 0 Å². The summed E-state index contributed by atoms with van der Waals surface area (Å²) < 4.78 is 0. The predicted molar refractivity (Wildman–Crippen MR) is 73.2 cm³/mol. The molecule has 0 aromatic carbocycles. The molecule has 0 amide bonds. The second kappa shape index (κ2) is 6.72. The summed E-state index contributed by atoms with van der Waals surface area (Å²) in [5, 5.41) is 13.0. The lowest BCUT2D eigenvalue weighted by Crippen LogP contribution is -2.51. The van der Waals surface area contributed by atoms with E-state index in [2.05, 4.69) is 37.9 Å². The standard InChI is InChI=1S/C14H30N2O/c1-5-16(10-13-6-7-13)9-8-14(4,11-17)15-12(2)3/h12-13,15,17H,5-11H2,1-4H3. The largest absolute Gasteiger partial charge is 0.394 e. The lowest BCUT2D eigenvalue weighted by Gasteiger charge is -2.33. The fourth-order valence-electron chi connectivity index (χ4n) is 2.34. The van der Waals surface area contributed by atoms with E-state index in [1.165, 1.54) is 19.4 Å². The molecule has 1 fully saturated rings. The van der Waals surface area contributed by atoms with E-state index >= 15 is 0 Å². The number of aliphatic hydroxyl groups excluding tert-OH is 1. The first-order chi connectivity index (χ1) is 7.99. The maximum Gasteiger partial charge on any atom is 0.0611 e. The summed E-state index contributed by atoms with van der Waals surface area (Å²) in [5.41, 5.74) is -0.134. The van der Waals surface area contributed by atoms with Gasteiger partial charge in [0, 0.05) is 18.1 Å². The quantitative estimate of drug-likeness (QED) is 0.648. The first-order valence-corrected chi connectivity index (χ1v) is 7.10. The van der Waals surface area contributed by atoms with Crippen LogP contribution in [0.1, 0.15) is 47.0 Å². The van der Waals surface area contributed by atoms with Crippen molar-refractivity contribution in [3.05, 3.63) is 0 Å². The highest BCUT2D eigenvalue weighted by molar-refractivity contribution is 4.86. The molecule has 1 unspecified atom stereocenters. The van der Waals surface area contributed by atoms with Crippen LogP contribution in [0.4, 0.5) is 0 Å². The molecular formula is C14H30N2O. The summed E-state index contributed by atoms with van der Waals surface area (Å²) in [4.78, 5) is 2.52. The van der Waals surface area contributed by atoms with Crippen molar-refractivity contribution in [3.63, 3.8) is 0 Å². The van der Waals surface area contributed by atoms with E-state index in [9.17, 15) is 5.11 Å². The molecule has 0 aliphatic heterocycles. The van der Waals surface area contributed by atoms with Crippen molar-refractivity contribution in [2.24, 2.45) is 5.92 Å². The number of hydrogen-bond acceptors (Lipinski definition) is 3. The third-order valence-electron chi connectivity index (χ3n) is 3.63. The van der Waals surface area contributed by atoms with E-state index in [0.29, 0.717) is 6.04 Å². The minimum Gasteiger partial charge on any atom is -0.394 e. The maximum atomic E-state index is 9.53. The molecule has 1 saturated carbocycles. The van der Waals surface area contributed by atoms with Crippen molar-refractivity contribution in [1.29, 1.82) is 0 Å². The van der Waals surface area contributed by atoms with Crippen LogP contribution in [0.25, 0.3) is 0 Å².